The molecule has 1 aromatic rings. The van der Waals surface area contributed by atoms with Crippen molar-refractivity contribution in [3.63, 3.8) is 0 Å². The maximum Gasteiger partial charge on any atom is 0.243 e. The Kier molecular flexibility index (Phi) is 3.49. The van der Waals surface area contributed by atoms with Gasteiger partial charge in [-0.05, 0) is 6.07 Å². The molecule has 0 N–H and O–H groups in total. The maximum atomic E-state index is 10.4. The molecular formula is C9H7Cl2NO2. The summed E-state index contributed by atoms with van der Waals surface area (Å²) in [6.45, 7) is 1.40. The van der Waals surface area contributed by atoms with Gasteiger partial charge < -0.3 is 0 Å². The van der Waals surface area contributed by atoms with Crippen LogP contribution in [0.4, 0.5) is 0 Å². The molecule has 0 saturated heterocycles. The monoisotopic (exact) mass is 231 g/mol. The molecular weight excluding hydrogens is 225 g/mol. The average molecular weight is 232 g/mol. The second-order valence-electron chi connectivity index (χ2n) is 2.69. The van der Waals surface area contributed by atoms with Crippen molar-refractivity contribution in [1.82, 2.24) is 0 Å². The summed E-state index contributed by atoms with van der Waals surface area (Å²) in [5.74, 6) is 0. The van der Waals surface area contributed by atoms with Gasteiger partial charge in [0.25, 0.3) is 0 Å². The fraction of sp³-hybridized carbons (Fsp3) is 0.111. The number of hydrogen-bond donors (Lipinski definition) is 0. The highest BCUT2D eigenvalue weighted by molar-refractivity contribution is 6.42. The summed E-state index contributed by atoms with van der Waals surface area (Å²) in [4.78, 5) is 9.89. The second kappa shape index (κ2) is 4.44. The molecule has 0 saturated carbocycles. The lowest BCUT2D eigenvalue weighted by Crippen LogP contribution is -1.93. The number of nitrogens with zero attached hydrogens (tertiary/aromatic N) is 1. The predicted molar refractivity (Wildman–Crippen MR) is 57.1 cm³/mol. The average Bonchev–Trinajstić information content (AvgIpc) is 2.12. The summed E-state index contributed by atoms with van der Waals surface area (Å²) in [5.41, 5.74) is 0.572. The van der Waals surface area contributed by atoms with Gasteiger partial charge in [0.2, 0.25) is 5.70 Å². The molecule has 0 aliphatic heterocycles. The molecule has 0 heterocycles. The Morgan fingerprint density at radius 2 is 2.14 bits per heavy atom. The SMILES string of the molecule is CC(=Cc1cccc(Cl)c1Cl)[N+](=O)[O-]. The van der Waals surface area contributed by atoms with E-state index in [9.17, 15) is 10.1 Å². The lowest BCUT2D eigenvalue weighted by atomic mass is 10.2. The third-order valence-electron chi connectivity index (χ3n) is 1.63. The Hall–Kier alpha value is -1.06. The van der Waals surface area contributed by atoms with E-state index in [1.807, 2.05) is 0 Å². The Labute approximate surface area is 91.1 Å². The largest absolute Gasteiger partial charge is 0.259 e. The van der Waals surface area contributed by atoms with Gasteiger partial charge in [-0.2, -0.15) is 0 Å². The van der Waals surface area contributed by atoms with E-state index < -0.39 is 4.92 Å². The summed E-state index contributed by atoms with van der Waals surface area (Å²) in [7, 11) is 0. The smallest absolute Gasteiger partial charge is 0.243 e. The summed E-state index contributed by atoms with van der Waals surface area (Å²) < 4.78 is 0. The van der Waals surface area contributed by atoms with E-state index in [0.717, 1.165) is 0 Å². The third kappa shape index (κ3) is 2.47. The van der Waals surface area contributed by atoms with Crippen molar-refractivity contribution < 1.29 is 4.92 Å². The summed E-state index contributed by atoms with van der Waals surface area (Å²) in [5, 5.41) is 11.1. The highest BCUT2D eigenvalue weighted by Gasteiger charge is 2.06. The molecule has 5 heteroatoms. The Morgan fingerprint density at radius 1 is 1.50 bits per heavy atom. The molecule has 0 atom stereocenters. The van der Waals surface area contributed by atoms with Gasteiger partial charge in [0.15, 0.2) is 0 Å². The van der Waals surface area contributed by atoms with Crippen molar-refractivity contribution in [2.45, 2.75) is 6.92 Å². The third-order valence-corrected chi connectivity index (χ3v) is 2.47. The zero-order chi connectivity index (χ0) is 10.7. The molecule has 1 rings (SSSR count). The number of benzene rings is 1. The highest BCUT2D eigenvalue weighted by Crippen LogP contribution is 2.27. The van der Waals surface area contributed by atoms with Crippen molar-refractivity contribution in [2.24, 2.45) is 0 Å². The molecule has 0 spiro atoms. The molecule has 0 amide bonds. The molecule has 0 aliphatic carbocycles. The molecule has 0 aromatic heterocycles. The normalized spacial score (nSPS) is 11.5. The van der Waals surface area contributed by atoms with Crippen LogP contribution in [0.15, 0.2) is 23.9 Å². The zero-order valence-electron chi connectivity index (χ0n) is 7.33. The van der Waals surface area contributed by atoms with Crippen molar-refractivity contribution in [3.8, 4) is 0 Å². The summed E-state index contributed by atoms with van der Waals surface area (Å²) >= 11 is 11.6. The first-order chi connectivity index (χ1) is 6.52. The highest BCUT2D eigenvalue weighted by atomic mass is 35.5. The molecule has 74 valence electrons. The Balaban J connectivity index is 3.15. The van der Waals surface area contributed by atoms with Crippen LogP contribution in [0.5, 0.6) is 0 Å². The number of hydrogen-bond acceptors (Lipinski definition) is 2. The first-order valence-corrected chi connectivity index (χ1v) is 4.54. The lowest BCUT2D eigenvalue weighted by molar-refractivity contribution is -0.422. The van der Waals surface area contributed by atoms with Crippen molar-refractivity contribution >= 4 is 29.3 Å². The van der Waals surface area contributed by atoms with Gasteiger partial charge in [0.1, 0.15) is 0 Å². The fourth-order valence-corrected chi connectivity index (χ4v) is 1.27. The van der Waals surface area contributed by atoms with Crippen molar-refractivity contribution in [3.05, 3.63) is 49.6 Å². The number of rotatable bonds is 2. The topological polar surface area (TPSA) is 43.1 Å². The van der Waals surface area contributed by atoms with Crippen LogP contribution in [0.2, 0.25) is 10.0 Å². The van der Waals surface area contributed by atoms with E-state index in [0.29, 0.717) is 15.6 Å². The molecule has 0 unspecified atom stereocenters. The molecule has 1 aromatic carbocycles. The number of allylic oxidation sites excluding steroid dienone is 1. The molecule has 3 nitrogen and oxygen atoms in total. The Bertz CT molecular complexity index is 402. The van der Waals surface area contributed by atoms with Gasteiger partial charge in [-0.15, -0.1) is 0 Å². The van der Waals surface area contributed by atoms with E-state index >= 15 is 0 Å². The maximum absolute atomic E-state index is 10.4. The molecule has 0 aliphatic rings. The van der Waals surface area contributed by atoms with E-state index in [1.54, 1.807) is 18.2 Å². The number of halogens is 2. The fourth-order valence-electron chi connectivity index (χ4n) is 0.910. The van der Waals surface area contributed by atoms with Crippen LogP contribution in [0.25, 0.3) is 6.08 Å². The predicted octanol–water partition coefficient (Wildman–Crippen LogP) is 3.63. The van der Waals surface area contributed by atoms with Crippen LogP contribution < -0.4 is 0 Å². The lowest BCUT2D eigenvalue weighted by Gasteiger charge is -1.99. The minimum absolute atomic E-state index is 0.0224. The first-order valence-electron chi connectivity index (χ1n) is 3.79. The van der Waals surface area contributed by atoms with E-state index in [1.165, 1.54) is 13.0 Å². The van der Waals surface area contributed by atoms with Crippen LogP contribution in [0, 0.1) is 10.1 Å². The minimum atomic E-state index is -0.475. The quantitative estimate of drug-likeness (QED) is 0.577. The van der Waals surface area contributed by atoms with Crippen LogP contribution in [0.1, 0.15) is 12.5 Å². The standard InChI is InChI=1S/C9H7Cl2NO2/c1-6(12(13)14)5-7-3-2-4-8(10)9(7)11/h2-5H,1H3. The van der Waals surface area contributed by atoms with Crippen LogP contribution in [0.3, 0.4) is 0 Å². The van der Waals surface area contributed by atoms with Crippen LogP contribution >= 0.6 is 23.2 Å². The summed E-state index contributed by atoms with van der Waals surface area (Å²) in [6, 6.07) is 4.98. The zero-order valence-corrected chi connectivity index (χ0v) is 8.84. The van der Waals surface area contributed by atoms with E-state index in [4.69, 9.17) is 23.2 Å². The minimum Gasteiger partial charge on any atom is -0.259 e. The van der Waals surface area contributed by atoms with Gasteiger partial charge in [0, 0.05) is 18.6 Å². The van der Waals surface area contributed by atoms with E-state index in [-0.39, 0.29) is 5.70 Å². The van der Waals surface area contributed by atoms with E-state index in [2.05, 4.69) is 0 Å². The van der Waals surface area contributed by atoms with Crippen LogP contribution in [-0.2, 0) is 0 Å². The van der Waals surface area contributed by atoms with Gasteiger partial charge in [-0.1, -0.05) is 35.3 Å². The Morgan fingerprint density at radius 3 is 2.71 bits per heavy atom. The van der Waals surface area contributed by atoms with Gasteiger partial charge in [-0.3, -0.25) is 10.1 Å². The van der Waals surface area contributed by atoms with Gasteiger partial charge in [0.05, 0.1) is 15.0 Å². The molecule has 0 radical (unpaired) electrons. The van der Waals surface area contributed by atoms with Gasteiger partial charge >= 0.3 is 0 Å². The molecule has 0 bridgehead atoms. The number of nitro groups is 1. The second-order valence-corrected chi connectivity index (χ2v) is 3.47. The van der Waals surface area contributed by atoms with Crippen molar-refractivity contribution in [2.75, 3.05) is 0 Å². The van der Waals surface area contributed by atoms with Gasteiger partial charge in [-0.25, -0.2) is 0 Å². The van der Waals surface area contributed by atoms with Crippen LogP contribution in [-0.4, -0.2) is 4.92 Å². The molecule has 14 heavy (non-hydrogen) atoms. The van der Waals surface area contributed by atoms with Crippen molar-refractivity contribution in [1.29, 1.82) is 0 Å². The molecule has 0 fully saturated rings. The first kappa shape index (κ1) is 11.0. The summed E-state index contributed by atoms with van der Waals surface area (Å²) in [6.07, 6.45) is 1.38.